The molecule has 0 amide bonds. The standard InChI is InChI=1S/C9H13N5S/c1-3-10-8(7-6-12-13-15-7)9-11-4-5-14(9)2/h4-6,8,10H,3H2,1-2H3. The number of hydrogen-bond acceptors (Lipinski definition) is 5. The van der Waals surface area contributed by atoms with E-state index in [2.05, 4.69) is 26.8 Å². The first-order valence-electron chi connectivity index (χ1n) is 4.80. The fourth-order valence-electron chi connectivity index (χ4n) is 1.48. The smallest absolute Gasteiger partial charge is 0.131 e. The third-order valence-electron chi connectivity index (χ3n) is 2.19. The van der Waals surface area contributed by atoms with Gasteiger partial charge in [-0.05, 0) is 18.1 Å². The lowest BCUT2D eigenvalue weighted by Gasteiger charge is -2.14. The lowest BCUT2D eigenvalue weighted by molar-refractivity contribution is 0.584. The van der Waals surface area contributed by atoms with E-state index >= 15 is 0 Å². The number of nitrogens with one attached hydrogen (secondary N) is 1. The number of rotatable bonds is 4. The highest BCUT2D eigenvalue weighted by atomic mass is 32.1. The molecule has 0 aliphatic carbocycles. The maximum Gasteiger partial charge on any atom is 0.131 e. The minimum absolute atomic E-state index is 0.0926. The van der Waals surface area contributed by atoms with Gasteiger partial charge < -0.3 is 9.88 Å². The Labute approximate surface area is 92.3 Å². The van der Waals surface area contributed by atoms with Gasteiger partial charge in [0.15, 0.2) is 0 Å². The number of aromatic nitrogens is 4. The molecule has 0 radical (unpaired) electrons. The Morgan fingerprint density at radius 3 is 3.00 bits per heavy atom. The van der Waals surface area contributed by atoms with Crippen LogP contribution in [0.15, 0.2) is 18.6 Å². The van der Waals surface area contributed by atoms with E-state index in [4.69, 9.17) is 0 Å². The molecule has 0 saturated carbocycles. The molecule has 0 bridgehead atoms. The van der Waals surface area contributed by atoms with Gasteiger partial charge in [-0.2, -0.15) is 0 Å². The van der Waals surface area contributed by atoms with Crippen molar-refractivity contribution in [2.24, 2.45) is 7.05 Å². The predicted octanol–water partition coefficient (Wildman–Crippen LogP) is 0.970. The van der Waals surface area contributed by atoms with Gasteiger partial charge in [0, 0.05) is 19.4 Å². The molecule has 6 heteroatoms. The van der Waals surface area contributed by atoms with Crippen LogP contribution < -0.4 is 5.32 Å². The fourth-order valence-corrected chi connectivity index (χ4v) is 2.06. The van der Waals surface area contributed by atoms with Crippen LogP contribution in [-0.4, -0.2) is 25.7 Å². The number of imidazole rings is 1. The lowest BCUT2D eigenvalue weighted by atomic mass is 10.2. The fraction of sp³-hybridized carbons (Fsp3) is 0.444. The maximum atomic E-state index is 4.34. The summed E-state index contributed by atoms with van der Waals surface area (Å²) in [6.45, 7) is 2.96. The molecule has 1 atom stereocenters. The number of nitrogens with zero attached hydrogens (tertiary/aromatic N) is 4. The average molecular weight is 223 g/mol. The second-order valence-electron chi connectivity index (χ2n) is 3.21. The highest BCUT2D eigenvalue weighted by molar-refractivity contribution is 7.05. The van der Waals surface area contributed by atoms with E-state index in [-0.39, 0.29) is 6.04 Å². The van der Waals surface area contributed by atoms with Crippen LogP contribution in [0.5, 0.6) is 0 Å². The quantitative estimate of drug-likeness (QED) is 0.839. The van der Waals surface area contributed by atoms with Crippen molar-refractivity contribution in [3.8, 4) is 0 Å². The second-order valence-corrected chi connectivity index (χ2v) is 4.02. The monoisotopic (exact) mass is 223 g/mol. The first-order chi connectivity index (χ1) is 7.33. The summed E-state index contributed by atoms with van der Waals surface area (Å²) in [6.07, 6.45) is 5.52. The first-order valence-corrected chi connectivity index (χ1v) is 5.58. The van der Waals surface area contributed by atoms with Crippen molar-refractivity contribution in [3.05, 3.63) is 29.3 Å². The van der Waals surface area contributed by atoms with Gasteiger partial charge >= 0.3 is 0 Å². The topological polar surface area (TPSA) is 55.6 Å². The van der Waals surface area contributed by atoms with Gasteiger partial charge in [-0.1, -0.05) is 11.4 Å². The van der Waals surface area contributed by atoms with Gasteiger partial charge in [-0.25, -0.2) is 4.98 Å². The zero-order chi connectivity index (χ0) is 10.7. The van der Waals surface area contributed by atoms with Crippen LogP contribution in [0.1, 0.15) is 23.7 Å². The maximum absolute atomic E-state index is 4.34. The lowest BCUT2D eigenvalue weighted by Crippen LogP contribution is -2.23. The Balaban J connectivity index is 2.32. The third-order valence-corrected chi connectivity index (χ3v) is 2.92. The molecule has 2 aromatic heterocycles. The molecular formula is C9H13N5S. The van der Waals surface area contributed by atoms with Gasteiger partial charge in [0.05, 0.1) is 11.1 Å². The highest BCUT2D eigenvalue weighted by Gasteiger charge is 2.18. The molecule has 0 spiro atoms. The van der Waals surface area contributed by atoms with E-state index in [0.717, 1.165) is 17.2 Å². The van der Waals surface area contributed by atoms with Gasteiger partial charge in [0.1, 0.15) is 11.9 Å². The van der Waals surface area contributed by atoms with Crippen LogP contribution in [0.4, 0.5) is 0 Å². The molecule has 2 aromatic rings. The van der Waals surface area contributed by atoms with E-state index in [1.165, 1.54) is 11.5 Å². The van der Waals surface area contributed by atoms with Crippen LogP contribution >= 0.6 is 11.5 Å². The Morgan fingerprint density at radius 2 is 2.47 bits per heavy atom. The molecule has 80 valence electrons. The summed E-state index contributed by atoms with van der Waals surface area (Å²) >= 11 is 1.40. The van der Waals surface area contributed by atoms with Crippen molar-refractivity contribution in [1.82, 2.24) is 24.5 Å². The van der Waals surface area contributed by atoms with E-state index < -0.39 is 0 Å². The van der Waals surface area contributed by atoms with Crippen LogP contribution in [0, 0.1) is 0 Å². The Bertz CT molecular complexity index is 408. The van der Waals surface area contributed by atoms with E-state index in [9.17, 15) is 0 Å². The summed E-state index contributed by atoms with van der Waals surface area (Å²) in [4.78, 5) is 5.43. The minimum atomic E-state index is 0.0926. The van der Waals surface area contributed by atoms with E-state index in [1.54, 1.807) is 12.4 Å². The Hall–Kier alpha value is -1.27. The molecule has 0 aliphatic rings. The first kappa shape index (κ1) is 10.3. The molecule has 2 heterocycles. The van der Waals surface area contributed by atoms with E-state index in [0.29, 0.717) is 0 Å². The molecule has 5 nitrogen and oxygen atoms in total. The van der Waals surface area contributed by atoms with Crippen molar-refractivity contribution in [2.75, 3.05) is 6.54 Å². The molecular weight excluding hydrogens is 210 g/mol. The van der Waals surface area contributed by atoms with Gasteiger partial charge in [-0.3, -0.25) is 0 Å². The summed E-state index contributed by atoms with van der Waals surface area (Å²) < 4.78 is 5.89. The van der Waals surface area contributed by atoms with Crippen molar-refractivity contribution in [3.63, 3.8) is 0 Å². The molecule has 0 aromatic carbocycles. The van der Waals surface area contributed by atoms with Crippen LogP contribution in [-0.2, 0) is 7.05 Å². The normalized spacial score (nSPS) is 12.9. The zero-order valence-electron chi connectivity index (χ0n) is 8.71. The predicted molar refractivity (Wildman–Crippen MR) is 58.6 cm³/mol. The Kier molecular flexibility index (Phi) is 3.08. The molecule has 2 rings (SSSR count). The van der Waals surface area contributed by atoms with Crippen molar-refractivity contribution >= 4 is 11.5 Å². The number of aryl methyl sites for hydroxylation is 1. The number of hydrogen-bond donors (Lipinski definition) is 1. The van der Waals surface area contributed by atoms with Crippen molar-refractivity contribution < 1.29 is 0 Å². The SMILES string of the molecule is CCNC(c1cnns1)c1nccn1C. The molecule has 0 saturated heterocycles. The largest absolute Gasteiger partial charge is 0.336 e. The summed E-state index contributed by atoms with van der Waals surface area (Å²) in [6, 6.07) is 0.0926. The molecule has 1 N–H and O–H groups in total. The molecule has 1 unspecified atom stereocenters. The van der Waals surface area contributed by atoms with Gasteiger partial charge in [0.25, 0.3) is 0 Å². The summed E-state index contributed by atoms with van der Waals surface area (Å²) in [5.74, 6) is 0.989. The average Bonchev–Trinajstić information content (AvgIpc) is 2.85. The molecule has 0 fully saturated rings. The molecule has 15 heavy (non-hydrogen) atoms. The van der Waals surface area contributed by atoms with Crippen LogP contribution in [0.2, 0.25) is 0 Å². The van der Waals surface area contributed by atoms with Crippen LogP contribution in [0.25, 0.3) is 0 Å². The van der Waals surface area contributed by atoms with Crippen LogP contribution in [0.3, 0.4) is 0 Å². The Morgan fingerprint density at radius 1 is 1.60 bits per heavy atom. The van der Waals surface area contributed by atoms with Crippen molar-refractivity contribution in [2.45, 2.75) is 13.0 Å². The molecule has 0 aliphatic heterocycles. The van der Waals surface area contributed by atoms with E-state index in [1.807, 2.05) is 17.8 Å². The zero-order valence-corrected chi connectivity index (χ0v) is 9.53. The summed E-state index contributed by atoms with van der Waals surface area (Å²) in [5.41, 5.74) is 0. The van der Waals surface area contributed by atoms with Crippen molar-refractivity contribution in [1.29, 1.82) is 0 Å². The van der Waals surface area contributed by atoms with Gasteiger partial charge in [-0.15, -0.1) is 5.10 Å². The summed E-state index contributed by atoms with van der Waals surface area (Å²) in [5, 5.41) is 7.23. The minimum Gasteiger partial charge on any atom is -0.336 e. The highest BCUT2D eigenvalue weighted by Crippen LogP contribution is 2.21. The third kappa shape index (κ3) is 2.05. The summed E-state index contributed by atoms with van der Waals surface area (Å²) in [7, 11) is 1.99. The second kappa shape index (κ2) is 4.50. The van der Waals surface area contributed by atoms with Gasteiger partial charge in [0.2, 0.25) is 0 Å².